The van der Waals surface area contributed by atoms with Crippen molar-refractivity contribution in [2.45, 2.75) is 128 Å². The number of carbonyl (C=O) groups is 4. The molecule has 3 aromatic rings. The van der Waals surface area contributed by atoms with Gasteiger partial charge >= 0.3 is 18.2 Å². The van der Waals surface area contributed by atoms with Gasteiger partial charge in [0.2, 0.25) is 11.8 Å². The summed E-state index contributed by atoms with van der Waals surface area (Å²) in [6.45, 7) is 14.8. The van der Waals surface area contributed by atoms with Crippen LogP contribution < -0.4 is 25.4 Å². The maximum atomic E-state index is 14.8. The zero-order chi connectivity index (χ0) is 48.9. The Labute approximate surface area is 402 Å². The summed E-state index contributed by atoms with van der Waals surface area (Å²) < 4.78 is 57.7. The second kappa shape index (κ2) is 19.5. The highest BCUT2D eigenvalue weighted by Crippen LogP contribution is 2.52. The number of rotatable bonds is 17. The quantitative estimate of drug-likeness (QED) is 0.0951. The number of aromatic nitrogens is 2. The molecule has 4 heterocycles. The predicted molar refractivity (Wildman–Crippen MR) is 251 cm³/mol. The second-order valence-corrected chi connectivity index (χ2v) is 21.8. The molecule has 370 valence electrons. The molecule has 3 amide bonds. The molecule has 2 aromatic heterocycles. The van der Waals surface area contributed by atoms with Crippen molar-refractivity contribution in [3.8, 4) is 22.9 Å². The molecule has 5 fully saturated rings. The average molecular weight is 989 g/mol. The van der Waals surface area contributed by atoms with Gasteiger partial charge in [0.1, 0.15) is 58.7 Å². The third kappa shape index (κ3) is 11.3. The normalized spacial score (nSPS) is 26.5. The Morgan fingerprint density at radius 2 is 1.75 bits per heavy atom. The molecule has 15 nitrogen and oxygen atoms in total. The zero-order valence-corrected chi connectivity index (χ0v) is 40.6. The maximum Gasteiger partial charge on any atom is 0.408 e. The lowest BCUT2D eigenvalue weighted by atomic mass is 9.85. The fourth-order valence-corrected chi connectivity index (χ4v) is 11.1. The van der Waals surface area contributed by atoms with E-state index in [0.29, 0.717) is 83.2 Å². The van der Waals surface area contributed by atoms with Crippen molar-refractivity contribution in [2.24, 2.45) is 29.1 Å². The Hall–Kier alpha value is -4.88. The molecule has 5 aliphatic rings. The molecule has 20 heteroatoms. The van der Waals surface area contributed by atoms with E-state index in [4.69, 9.17) is 35.8 Å². The highest BCUT2D eigenvalue weighted by atomic mass is 35.5. The highest BCUT2D eigenvalue weighted by molar-refractivity contribution is 7.14. The number of carbonyl (C=O) groups excluding carboxylic acids is 3. The molecule has 3 aliphatic carbocycles. The van der Waals surface area contributed by atoms with E-state index in [1.54, 1.807) is 39.0 Å². The minimum atomic E-state index is -4.18. The number of carboxylic acid groups (broad SMARTS) is 1. The Balaban J connectivity index is 1.06. The number of nitrogens with zero attached hydrogens (tertiary/aromatic N) is 4. The van der Waals surface area contributed by atoms with E-state index in [1.807, 2.05) is 19.2 Å². The number of alkyl carbamates (subject to hydrolysis) is 1. The van der Waals surface area contributed by atoms with Gasteiger partial charge in [0, 0.05) is 48.2 Å². The summed E-state index contributed by atoms with van der Waals surface area (Å²) >= 11 is 8.49. The van der Waals surface area contributed by atoms with Gasteiger partial charge in [0.25, 0.3) is 0 Å². The maximum absolute atomic E-state index is 14.8. The number of nitrogens with one attached hydrogen (secondary N) is 3. The molecule has 0 radical (unpaired) electrons. The monoisotopic (exact) mass is 987 g/mol. The molecular weight excluding hydrogens is 927 g/mol. The van der Waals surface area contributed by atoms with E-state index in [1.165, 1.54) is 22.3 Å². The minimum absolute atomic E-state index is 0.0289. The number of anilines is 1. The third-order valence-electron chi connectivity index (χ3n) is 13.9. The topological polar surface area (TPSA) is 185 Å². The summed E-state index contributed by atoms with van der Waals surface area (Å²) in [6.07, 6.45) is -1.47. The number of carboxylic acids is 1. The molecule has 68 heavy (non-hydrogen) atoms. The second-order valence-electron chi connectivity index (χ2n) is 20.6. The molecule has 8 atom stereocenters. The van der Waals surface area contributed by atoms with E-state index in [0.717, 1.165) is 19.3 Å². The number of alkyl halides is 3. The van der Waals surface area contributed by atoms with Crippen LogP contribution in [0.15, 0.2) is 36.2 Å². The van der Waals surface area contributed by atoms with Crippen molar-refractivity contribution < 1.29 is 51.7 Å². The van der Waals surface area contributed by atoms with Gasteiger partial charge in [0.05, 0.1) is 17.8 Å². The number of amides is 3. The molecule has 0 spiro atoms. The molecular formula is C48H61ClF3N7O8S. The van der Waals surface area contributed by atoms with E-state index < -0.39 is 71.5 Å². The van der Waals surface area contributed by atoms with Crippen LogP contribution in [0.25, 0.3) is 22.3 Å². The standard InChI is InChI=1S/C48H61ClF3N7O8S/c1-7-29-22-47(29,43(62)63)57-41(60)35-19-31(23-59(35)42(61)40(46(4,5)6)56-45(64)67-30-17-27-16-28(27)18-30)66-37-20-33(34-24-68-44(55-34)53-25(2)3)54-39-32(37)8-9-36(38(39)49)65-15-14-58-12-10-26(11-13-58)21-48(50,51)52/h7-9,20,24-31,35,40H,1,10-19,21-23H2,2-6H3,(H,53,55)(H,56,64)(H,57,60)(H,62,63)/t27-,28+,29-,30?,31-,35+,40-,47-/m1/s1. The summed E-state index contributed by atoms with van der Waals surface area (Å²) in [6, 6.07) is 2.96. The number of thiazole rings is 1. The zero-order valence-electron chi connectivity index (χ0n) is 39.0. The van der Waals surface area contributed by atoms with E-state index in [-0.39, 0.29) is 49.1 Å². The fourth-order valence-electron chi connectivity index (χ4n) is 10.0. The number of halogens is 4. The number of likely N-dealkylation sites (tertiary alicyclic amines) is 2. The van der Waals surface area contributed by atoms with Crippen molar-refractivity contribution >= 4 is 62.8 Å². The first-order chi connectivity index (χ1) is 32.1. The number of hydrogen-bond donors (Lipinski definition) is 4. The van der Waals surface area contributed by atoms with Crippen molar-refractivity contribution in [3.05, 3.63) is 41.3 Å². The van der Waals surface area contributed by atoms with Gasteiger partial charge in [-0.3, -0.25) is 14.5 Å². The van der Waals surface area contributed by atoms with Crippen LogP contribution in [0.5, 0.6) is 11.5 Å². The van der Waals surface area contributed by atoms with Crippen molar-refractivity contribution in [2.75, 3.05) is 38.1 Å². The molecule has 3 saturated carbocycles. The number of pyridine rings is 1. The summed E-state index contributed by atoms with van der Waals surface area (Å²) in [5.41, 5.74) is -1.13. The lowest BCUT2D eigenvalue weighted by Crippen LogP contribution is -2.59. The lowest BCUT2D eigenvalue weighted by molar-refractivity contribution is -0.147. The fraction of sp³-hybridized carbons (Fsp3) is 0.625. The highest BCUT2D eigenvalue weighted by Gasteiger charge is 2.61. The van der Waals surface area contributed by atoms with Crippen LogP contribution in [-0.2, 0) is 19.1 Å². The Morgan fingerprint density at radius 1 is 1.03 bits per heavy atom. The van der Waals surface area contributed by atoms with Crippen LogP contribution in [0.2, 0.25) is 5.02 Å². The van der Waals surface area contributed by atoms with Crippen LogP contribution >= 0.6 is 22.9 Å². The SMILES string of the molecule is C=C[C@@H]1C[C@]1(NC(=O)[C@@H]1C[C@@H](Oc2cc(-c3csc(NC(C)C)n3)nc3c(Cl)c(OCCN4CCC(CC(F)(F)F)CC4)ccc23)CN1C(=O)[C@@H](NC(=O)OC1C[C@@H]2C[C@@H]2C1)C(C)(C)C)C(=O)O. The van der Waals surface area contributed by atoms with Gasteiger partial charge in [-0.1, -0.05) is 38.4 Å². The number of fused-ring (bicyclic) bond motifs is 2. The van der Waals surface area contributed by atoms with Crippen molar-refractivity contribution in [3.63, 3.8) is 0 Å². The van der Waals surface area contributed by atoms with E-state index in [2.05, 4.69) is 27.4 Å². The van der Waals surface area contributed by atoms with Gasteiger partial charge in [-0.05, 0) is 101 Å². The van der Waals surface area contributed by atoms with Gasteiger partial charge in [-0.2, -0.15) is 13.2 Å². The van der Waals surface area contributed by atoms with Crippen LogP contribution in [0.3, 0.4) is 0 Å². The smallest absolute Gasteiger partial charge is 0.408 e. The van der Waals surface area contributed by atoms with Gasteiger partial charge in [-0.25, -0.2) is 19.6 Å². The first-order valence-corrected chi connectivity index (χ1v) is 24.8. The molecule has 8 rings (SSSR count). The molecule has 1 unspecified atom stereocenters. The molecule has 0 bridgehead atoms. The number of ether oxygens (including phenoxy) is 3. The number of hydrogen-bond acceptors (Lipinski definition) is 12. The first-order valence-electron chi connectivity index (χ1n) is 23.5. The number of aliphatic carboxylic acids is 1. The Bertz CT molecular complexity index is 2400. The average Bonchev–Trinajstić information content (AvgIpc) is 3.93. The minimum Gasteiger partial charge on any atom is -0.491 e. The van der Waals surface area contributed by atoms with Crippen LogP contribution in [0, 0.1) is 29.1 Å². The van der Waals surface area contributed by atoms with Crippen molar-refractivity contribution in [1.82, 2.24) is 30.4 Å². The van der Waals surface area contributed by atoms with Crippen LogP contribution in [0.4, 0.5) is 23.1 Å². The first kappa shape index (κ1) is 49.5. The van der Waals surface area contributed by atoms with Crippen LogP contribution in [-0.4, -0.2) is 124 Å². The van der Waals surface area contributed by atoms with Gasteiger partial charge in [0.15, 0.2) is 5.13 Å². The van der Waals surface area contributed by atoms with Gasteiger partial charge < -0.3 is 40.2 Å². The number of piperidine rings is 1. The van der Waals surface area contributed by atoms with E-state index in [9.17, 15) is 37.5 Å². The largest absolute Gasteiger partial charge is 0.491 e. The summed E-state index contributed by atoms with van der Waals surface area (Å²) in [4.78, 5) is 68.2. The summed E-state index contributed by atoms with van der Waals surface area (Å²) in [5.74, 6) is -1.54. The van der Waals surface area contributed by atoms with Crippen LogP contribution in [0.1, 0.15) is 86.0 Å². The van der Waals surface area contributed by atoms with Crippen molar-refractivity contribution in [1.29, 1.82) is 0 Å². The summed E-state index contributed by atoms with van der Waals surface area (Å²) in [5, 5.41) is 22.2. The molecule has 4 N–H and O–H groups in total. The number of benzene rings is 1. The summed E-state index contributed by atoms with van der Waals surface area (Å²) in [7, 11) is 0. The Kier molecular flexibility index (Phi) is 14.2. The van der Waals surface area contributed by atoms with Gasteiger partial charge in [-0.15, -0.1) is 17.9 Å². The third-order valence-corrected chi connectivity index (χ3v) is 15.1. The lowest BCUT2D eigenvalue weighted by Gasteiger charge is -2.35. The molecule has 1 aromatic carbocycles. The van der Waals surface area contributed by atoms with E-state index >= 15 is 0 Å². The predicted octanol–water partition coefficient (Wildman–Crippen LogP) is 8.31. The molecule has 2 saturated heterocycles. The Morgan fingerprint density at radius 3 is 2.38 bits per heavy atom. The molecule has 2 aliphatic heterocycles.